The predicted molar refractivity (Wildman–Crippen MR) is 62.0 cm³/mol. The zero-order valence-electron chi connectivity index (χ0n) is 9.83. The van der Waals surface area contributed by atoms with Gasteiger partial charge in [0.25, 0.3) is 6.04 Å². The molecule has 1 rings (SSSR count). The molecule has 0 aliphatic carbocycles. The Bertz CT molecular complexity index is 391. The highest BCUT2D eigenvalue weighted by molar-refractivity contribution is 5.66. The van der Waals surface area contributed by atoms with Gasteiger partial charge in [-0.15, -0.1) is 0 Å². The summed E-state index contributed by atoms with van der Waals surface area (Å²) in [5, 5.41) is 10.9. The molecule has 0 saturated carbocycles. The first-order valence-electron chi connectivity index (χ1n) is 5.42. The number of rotatable bonds is 5. The smallest absolute Gasteiger partial charge is 0.303 e. The maximum atomic E-state index is 11.0. The van der Waals surface area contributed by atoms with Crippen LogP contribution in [0.5, 0.6) is 0 Å². The summed E-state index contributed by atoms with van der Waals surface area (Å²) in [4.78, 5) is 21.6. The van der Waals surface area contributed by atoms with E-state index in [1.807, 2.05) is 0 Å². The second-order valence-corrected chi connectivity index (χ2v) is 3.70. The number of hydrogen-bond donors (Lipinski definition) is 0. The minimum atomic E-state index is -0.915. The minimum absolute atomic E-state index is 0.305. The molecule has 0 aliphatic heterocycles. The van der Waals surface area contributed by atoms with E-state index >= 15 is 0 Å². The third kappa shape index (κ3) is 3.55. The average molecular weight is 237 g/mol. The van der Waals surface area contributed by atoms with Crippen molar-refractivity contribution in [3.8, 4) is 0 Å². The number of nitrogens with zero attached hydrogens (tertiary/aromatic N) is 1. The Balaban J connectivity index is 3.02. The van der Waals surface area contributed by atoms with E-state index in [0.717, 1.165) is 0 Å². The lowest BCUT2D eigenvalue weighted by Crippen LogP contribution is -2.30. The standard InChI is InChI=1S/C12H15NO4/c1-3-11(13(15)16)12(17-9(2)14)10-7-5-4-6-8-10/h4-8,11-12H,3H2,1-2H3. The van der Waals surface area contributed by atoms with Crippen molar-refractivity contribution in [3.05, 3.63) is 46.0 Å². The first kappa shape index (κ1) is 13.2. The number of nitro groups is 1. The highest BCUT2D eigenvalue weighted by Gasteiger charge is 2.33. The second kappa shape index (κ2) is 5.98. The van der Waals surface area contributed by atoms with E-state index in [9.17, 15) is 14.9 Å². The van der Waals surface area contributed by atoms with Crippen LogP contribution in [0.3, 0.4) is 0 Å². The summed E-state index contributed by atoms with van der Waals surface area (Å²) < 4.78 is 5.07. The normalized spacial score (nSPS) is 13.8. The van der Waals surface area contributed by atoms with Crippen LogP contribution >= 0.6 is 0 Å². The van der Waals surface area contributed by atoms with Gasteiger partial charge in [0.1, 0.15) is 0 Å². The van der Waals surface area contributed by atoms with Gasteiger partial charge in [-0.2, -0.15) is 0 Å². The van der Waals surface area contributed by atoms with E-state index in [2.05, 4.69) is 0 Å². The van der Waals surface area contributed by atoms with Crippen molar-refractivity contribution < 1.29 is 14.5 Å². The minimum Gasteiger partial charge on any atom is -0.450 e. The Morgan fingerprint density at radius 3 is 2.41 bits per heavy atom. The fraction of sp³-hybridized carbons (Fsp3) is 0.417. The maximum absolute atomic E-state index is 11.0. The molecule has 1 aromatic rings. The van der Waals surface area contributed by atoms with Gasteiger partial charge in [0.05, 0.1) is 0 Å². The number of benzene rings is 1. The summed E-state index contributed by atoms with van der Waals surface area (Å²) in [6, 6.07) is 7.86. The van der Waals surface area contributed by atoms with Crippen LogP contribution in [0.2, 0.25) is 0 Å². The summed E-state index contributed by atoms with van der Waals surface area (Å²) in [5.41, 5.74) is 0.645. The molecule has 2 unspecified atom stereocenters. The molecule has 0 saturated heterocycles. The monoisotopic (exact) mass is 237 g/mol. The van der Waals surface area contributed by atoms with E-state index in [0.29, 0.717) is 12.0 Å². The molecule has 1 aromatic carbocycles. The molecule has 0 aliphatic rings. The molecule has 0 fully saturated rings. The summed E-state index contributed by atoms with van der Waals surface area (Å²) in [5.74, 6) is -0.515. The molecule has 92 valence electrons. The van der Waals surface area contributed by atoms with Crippen molar-refractivity contribution in [3.63, 3.8) is 0 Å². The third-order valence-corrected chi connectivity index (χ3v) is 2.46. The van der Waals surface area contributed by atoms with Crippen molar-refractivity contribution in [1.29, 1.82) is 0 Å². The molecule has 5 heteroatoms. The SMILES string of the molecule is CCC(C(OC(C)=O)c1ccccc1)[N+](=O)[O-]. The van der Waals surface area contributed by atoms with Crippen molar-refractivity contribution in [2.24, 2.45) is 0 Å². The van der Waals surface area contributed by atoms with Gasteiger partial charge in [0, 0.05) is 18.3 Å². The summed E-state index contributed by atoms with van der Waals surface area (Å²) in [6.07, 6.45) is -0.520. The number of carbonyl (C=O) groups is 1. The zero-order chi connectivity index (χ0) is 12.8. The molecule has 0 spiro atoms. The van der Waals surface area contributed by atoms with E-state index in [1.165, 1.54) is 6.92 Å². The lowest BCUT2D eigenvalue weighted by atomic mass is 10.0. The molecule has 0 amide bonds. The number of hydrogen-bond acceptors (Lipinski definition) is 4. The summed E-state index contributed by atoms with van der Waals surface area (Å²) in [7, 11) is 0. The lowest BCUT2D eigenvalue weighted by Gasteiger charge is -2.20. The highest BCUT2D eigenvalue weighted by atomic mass is 16.6. The van der Waals surface area contributed by atoms with Crippen LogP contribution in [0.1, 0.15) is 31.9 Å². The molecule has 0 radical (unpaired) electrons. The molecule has 0 aromatic heterocycles. The van der Waals surface area contributed by atoms with E-state index < -0.39 is 23.0 Å². The van der Waals surface area contributed by atoms with Crippen LogP contribution in [0.15, 0.2) is 30.3 Å². The fourth-order valence-corrected chi connectivity index (χ4v) is 1.66. The number of ether oxygens (including phenoxy) is 1. The topological polar surface area (TPSA) is 69.4 Å². The summed E-state index contributed by atoms with van der Waals surface area (Å²) >= 11 is 0. The third-order valence-electron chi connectivity index (χ3n) is 2.46. The number of esters is 1. The van der Waals surface area contributed by atoms with Gasteiger partial charge in [-0.1, -0.05) is 37.3 Å². The van der Waals surface area contributed by atoms with Crippen LogP contribution in [-0.2, 0) is 9.53 Å². The summed E-state index contributed by atoms with van der Waals surface area (Å²) in [6.45, 7) is 2.95. The van der Waals surface area contributed by atoms with Crippen molar-refractivity contribution in [2.75, 3.05) is 0 Å². The Labute approximate surface area is 99.5 Å². The molecule has 0 bridgehead atoms. The molecule has 2 atom stereocenters. The van der Waals surface area contributed by atoms with Gasteiger partial charge in [-0.3, -0.25) is 14.9 Å². The van der Waals surface area contributed by atoms with Gasteiger partial charge in [-0.25, -0.2) is 0 Å². The van der Waals surface area contributed by atoms with Crippen LogP contribution in [0.4, 0.5) is 0 Å². The average Bonchev–Trinajstić information content (AvgIpc) is 2.29. The van der Waals surface area contributed by atoms with E-state index in [-0.39, 0.29) is 0 Å². The molecule has 17 heavy (non-hydrogen) atoms. The molecular weight excluding hydrogens is 222 g/mol. The Morgan fingerprint density at radius 1 is 1.41 bits per heavy atom. The maximum Gasteiger partial charge on any atom is 0.303 e. The van der Waals surface area contributed by atoms with Gasteiger partial charge in [0.2, 0.25) is 0 Å². The lowest BCUT2D eigenvalue weighted by molar-refractivity contribution is -0.535. The van der Waals surface area contributed by atoms with Crippen molar-refractivity contribution >= 4 is 5.97 Å². The largest absolute Gasteiger partial charge is 0.450 e. The zero-order valence-corrected chi connectivity index (χ0v) is 9.83. The van der Waals surface area contributed by atoms with E-state index in [1.54, 1.807) is 37.3 Å². The second-order valence-electron chi connectivity index (χ2n) is 3.70. The van der Waals surface area contributed by atoms with Gasteiger partial charge in [-0.05, 0) is 5.56 Å². The van der Waals surface area contributed by atoms with Crippen LogP contribution in [0.25, 0.3) is 0 Å². The van der Waals surface area contributed by atoms with Crippen LogP contribution < -0.4 is 0 Å². The molecule has 0 heterocycles. The molecule has 0 N–H and O–H groups in total. The Morgan fingerprint density at radius 2 is 2.00 bits per heavy atom. The Hall–Kier alpha value is -1.91. The fourth-order valence-electron chi connectivity index (χ4n) is 1.66. The molecule has 5 nitrogen and oxygen atoms in total. The van der Waals surface area contributed by atoms with Crippen molar-refractivity contribution in [2.45, 2.75) is 32.4 Å². The first-order valence-corrected chi connectivity index (χ1v) is 5.42. The first-order chi connectivity index (χ1) is 8.06. The highest BCUT2D eigenvalue weighted by Crippen LogP contribution is 2.25. The van der Waals surface area contributed by atoms with E-state index in [4.69, 9.17) is 4.74 Å². The van der Waals surface area contributed by atoms with Crippen LogP contribution in [0, 0.1) is 10.1 Å². The number of carbonyl (C=O) groups excluding carboxylic acids is 1. The quantitative estimate of drug-likeness (QED) is 0.447. The van der Waals surface area contributed by atoms with Gasteiger partial charge in [0.15, 0.2) is 6.10 Å². The molecular formula is C12H15NO4. The predicted octanol–water partition coefficient (Wildman–Crippen LogP) is 2.35. The van der Waals surface area contributed by atoms with Gasteiger partial charge < -0.3 is 4.74 Å². The van der Waals surface area contributed by atoms with Gasteiger partial charge >= 0.3 is 5.97 Å². The van der Waals surface area contributed by atoms with Crippen LogP contribution in [-0.4, -0.2) is 16.9 Å². The Kier molecular flexibility index (Phi) is 4.63. The van der Waals surface area contributed by atoms with Crippen molar-refractivity contribution in [1.82, 2.24) is 0 Å².